The van der Waals surface area contributed by atoms with Crippen LogP contribution in [-0.2, 0) is 19.9 Å². The lowest BCUT2D eigenvalue weighted by Crippen LogP contribution is -2.37. The molecule has 8 nitrogen and oxygen atoms in total. The number of carbonyl (C=O) groups is 1. The topological polar surface area (TPSA) is 139 Å². The SMILES string of the molecule is C=CC(=O)OCC[N+](C)(C)C.N.O=S(=O)([O-])O. The van der Waals surface area contributed by atoms with Crippen molar-refractivity contribution >= 4 is 16.4 Å². The first kappa shape index (κ1) is 21.3. The molecule has 17 heavy (non-hydrogen) atoms. The lowest BCUT2D eigenvalue weighted by molar-refractivity contribution is -0.870. The molecule has 0 amide bonds. The fourth-order valence-electron chi connectivity index (χ4n) is 0.479. The van der Waals surface area contributed by atoms with Gasteiger partial charge in [0, 0.05) is 6.08 Å². The largest absolute Gasteiger partial charge is 0.726 e. The van der Waals surface area contributed by atoms with Crippen LogP contribution in [0.25, 0.3) is 0 Å². The molecule has 104 valence electrons. The van der Waals surface area contributed by atoms with Crippen LogP contribution in [0.15, 0.2) is 12.7 Å². The van der Waals surface area contributed by atoms with Crippen molar-refractivity contribution in [1.29, 1.82) is 0 Å². The molecule has 0 heterocycles. The average Bonchev–Trinajstić information content (AvgIpc) is 1.98. The minimum absolute atomic E-state index is 0. The first-order valence-electron chi connectivity index (χ1n) is 4.23. The van der Waals surface area contributed by atoms with Gasteiger partial charge < -0.3 is 19.9 Å². The molecule has 4 N–H and O–H groups in total. The maximum atomic E-state index is 10.6. The van der Waals surface area contributed by atoms with E-state index in [9.17, 15) is 4.79 Å². The number of nitrogens with zero attached hydrogens (tertiary/aromatic N) is 1. The number of likely N-dealkylation sites (N-methyl/N-ethyl adjacent to an activating group) is 1. The Bertz CT molecular complexity index is 311. The second-order valence-corrected chi connectivity index (χ2v) is 4.67. The Labute approximate surface area is 102 Å². The molecule has 0 aromatic carbocycles. The highest BCUT2D eigenvalue weighted by atomic mass is 32.3. The van der Waals surface area contributed by atoms with E-state index in [1.54, 1.807) is 0 Å². The van der Waals surface area contributed by atoms with Gasteiger partial charge in [-0.25, -0.2) is 13.2 Å². The predicted molar refractivity (Wildman–Crippen MR) is 61.4 cm³/mol. The number of hydrogen-bond acceptors (Lipinski definition) is 6. The maximum absolute atomic E-state index is 10.6. The van der Waals surface area contributed by atoms with Gasteiger partial charge in [0.05, 0.1) is 21.1 Å². The molecule has 0 aromatic heterocycles. The molecule has 0 atom stereocenters. The zero-order chi connectivity index (χ0) is 13.4. The van der Waals surface area contributed by atoms with Crippen molar-refractivity contribution in [3.8, 4) is 0 Å². The number of ether oxygens (including phenoxy) is 1. The second-order valence-electron chi connectivity index (χ2n) is 3.81. The van der Waals surface area contributed by atoms with Gasteiger partial charge in [0.15, 0.2) is 0 Å². The minimum Gasteiger partial charge on any atom is -0.726 e. The van der Waals surface area contributed by atoms with Crippen LogP contribution in [0.3, 0.4) is 0 Å². The van der Waals surface area contributed by atoms with Crippen LogP contribution in [0.2, 0.25) is 0 Å². The standard InChI is InChI=1S/C8H16NO2.H3N.H2O4S/c1-5-8(10)11-7-6-9(2,3)4;;1-5(2,3)4/h5H,1,6-7H2,2-4H3;1H3;(H2,1,2,3,4)/q+1;;/p-1. The van der Waals surface area contributed by atoms with Crippen LogP contribution in [0.4, 0.5) is 0 Å². The molecular formula is C8H20N2O6S. The summed E-state index contributed by atoms with van der Waals surface area (Å²) in [5, 5.41) is 0. The summed E-state index contributed by atoms with van der Waals surface area (Å²) < 4.78 is 38.4. The van der Waals surface area contributed by atoms with E-state index >= 15 is 0 Å². The Kier molecular flexibility index (Phi) is 11.4. The van der Waals surface area contributed by atoms with Gasteiger partial charge in [-0.3, -0.25) is 4.55 Å². The Hall–Kier alpha value is -1.00. The molecule has 0 aromatic rings. The number of carbonyl (C=O) groups excluding carboxylic acids is 1. The van der Waals surface area contributed by atoms with Crippen LogP contribution in [0.1, 0.15) is 0 Å². The van der Waals surface area contributed by atoms with Crippen molar-refractivity contribution in [2.75, 3.05) is 34.3 Å². The first-order valence-corrected chi connectivity index (χ1v) is 5.60. The summed E-state index contributed by atoms with van der Waals surface area (Å²) in [6.07, 6.45) is 1.18. The van der Waals surface area contributed by atoms with Crippen LogP contribution >= 0.6 is 0 Å². The summed E-state index contributed by atoms with van der Waals surface area (Å²) in [4.78, 5) is 10.6. The molecule has 0 aliphatic rings. The average molecular weight is 272 g/mol. The summed E-state index contributed by atoms with van der Waals surface area (Å²) >= 11 is 0. The first-order chi connectivity index (χ1) is 6.95. The fourth-order valence-corrected chi connectivity index (χ4v) is 0.479. The summed E-state index contributed by atoms with van der Waals surface area (Å²) in [6.45, 7) is 4.57. The van der Waals surface area contributed by atoms with Crippen molar-refractivity contribution in [2.45, 2.75) is 0 Å². The third kappa shape index (κ3) is 39.6. The highest BCUT2D eigenvalue weighted by Crippen LogP contribution is 1.89. The van der Waals surface area contributed by atoms with Gasteiger partial charge >= 0.3 is 5.97 Å². The lowest BCUT2D eigenvalue weighted by atomic mass is 10.5. The summed E-state index contributed by atoms with van der Waals surface area (Å²) in [5.74, 6) is -0.349. The fraction of sp³-hybridized carbons (Fsp3) is 0.625. The van der Waals surface area contributed by atoms with Gasteiger partial charge in [0.2, 0.25) is 10.4 Å². The molecule has 0 rings (SSSR count). The molecule has 0 bridgehead atoms. The van der Waals surface area contributed by atoms with Crippen molar-refractivity contribution in [3.63, 3.8) is 0 Å². The Morgan fingerprint density at radius 3 is 2.06 bits per heavy atom. The van der Waals surface area contributed by atoms with E-state index in [1.807, 2.05) is 21.1 Å². The van der Waals surface area contributed by atoms with E-state index in [4.69, 9.17) is 22.3 Å². The van der Waals surface area contributed by atoms with Gasteiger partial charge in [0.1, 0.15) is 13.2 Å². The molecule has 0 saturated carbocycles. The number of rotatable bonds is 4. The van der Waals surface area contributed by atoms with Gasteiger partial charge in [0.25, 0.3) is 0 Å². The van der Waals surface area contributed by atoms with Crippen LogP contribution in [-0.4, -0.2) is 62.3 Å². The quantitative estimate of drug-likeness (QED) is 0.233. The van der Waals surface area contributed by atoms with E-state index in [0.29, 0.717) is 6.61 Å². The van der Waals surface area contributed by atoms with Crippen molar-refractivity contribution in [1.82, 2.24) is 6.15 Å². The third-order valence-electron chi connectivity index (χ3n) is 1.17. The van der Waals surface area contributed by atoms with Crippen molar-refractivity contribution < 1.29 is 31.5 Å². The molecule has 0 unspecified atom stereocenters. The number of quaternary nitrogens is 1. The van der Waals surface area contributed by atoms with E-state index < -0.39 is 10.4 Å². The maximum Gasteiger partial charge on any atom is 0.330 e. The molecular weight excluding hydrogens is 252 g/mol. The van der Waals surface area contributed by atoms with Gasteiger partial charge in [-0.15, -0.1) is 0 Å². The van der Waals surface area contributed by atoms with Crippen LogP contribution in [0.5, 0.6) is 0 Å². The summed E-state index contributed by atoms with van der Waals surface area (Å²) in [6, 6.07) is 0. The van der Waals surface area contributed by atoms with E-state index in [2.05, 4.69) is 6.58 Å². The molecule has 0 radical (unpaired) electrons. The Balaban J connectivity index is -0.000000280. The highest BCUT2D eigenvalue weighted by Gasteiger charge is 2.06. The van der Waals surface area contributed by atoms with Crippen LogP contribution < -0.4 is 6.15 Å². The predicted octanol–water partition coefficient (Wildman–Crippen LogP) is -0.412. The summed E-state index contributed by atoms with van der Waals surface area (Å²) in [7, 11) is 1.21. The minimum atomic E-state index is -4.92. The van der Waals surface area contributed by atoms with E-state index in [1.165, 1.54) is 6.08 Å². The van der Waals surface area contributed by atoms with E-state index in [0.717, 1.165) is 11.0 Å². The van der Waals surface area contributed by atoms with Gasteiger partial charge in [-0.1, -0.05) is 6.58 Å². The molecule has 0 aliphatic carbocycles. The highest BCUT2D eigenvalue weighted by molar-refractivity contribution is 7.79. The normalized spacial score (nSPS) is 10.4. The molecule has 0 saturated heterocycles. The van der Waals surface area contributed by atoms with Crippen molar-refractivity contribution in [3.05, 3.63) is 12.7 Å². The van der Waals surface area contributed by atoms with Crippen LogP contribution in [0, 0.1) is 0 Å². The summed E-state index contributed by atoms with van der Waals surface area (Å²) in [5.41, 5.74) is 0. The molecule has 9 heteroatoms. The molecule has 0 aliphatic heterocycles. The zero-order valence-electron chi connectivity index (χ0n) is 10.2. The van der Waals surface area contributed by atoms with E-state index in [-0.39, 0.29) is 12.1 Å². The monoisotopic (exact) mass is 272 g/mol. The number of hydrogen-bond donors (Lipinski definition) is 2. The van der Waals surface area contributed by atoms with Gasteiger partial charge in [-0.05, 0) is 0 Å². The lowest BCUT2D eigenvalue weighted by Gasteiger charge is -2.23. The Morgan fingerprint density at radius 2 is 1.82 bits per heavy atom. The zero-order valence-corrected chi connectivity index (χ0v) is 11.1. The molecule has 0 spiro atoms. The van der Waals surface area contributed by atoms with Crippen molar-refractivity contribution in [2.24, 2.45) is 0 Å². The second kappa shape index (κ2) is 9.07. The third-order valence-corrected chi connectivity index (χ3v) is 1.17. The Morgan fingerprint density at radius 1 is 1.47 bits per heavy atom. The molecule has 0 fully saturated rings. The van der Waals surface area contributed by atoms with Gasteiger partial charge in [-0.2, -0.15) is 0 Å². The smallest absolute Gasteiger partial charge is 0.330 e. The number of esters is 1.